The van der Waals surface area contributed by atoms with Gasteiger partial charge in [0, 0.05) is 44.2 Å². The fraction of sp³-hybridized carbons (Fsp3) is 0.609. The Morgan fingerprint density at radius 3 is 2.56 bits per heavy atom. The van der Waals surface area contributed by atoms with E-state index in [0.29, 0.717) is 49.9 Å². The van der Waals surface area contributed by atoms with Gasteiger partial charge in [-0.2, -0.15) is 8.42 Å². The zero-order valence-corrected chi connectivity index (χ0v) is 19.6. The molecule has 9 heteroatoms. The van der Waals surface area contributed by atoms with Crippen molar-refractivity contribution in [1.82, 2.24) is 15.1 Å². The molecule has 0 aromatic heterocycles. The van der Waals surface area contributed by atoms with Crippen LogP contribution in [0.15, 0.2) is 33.6 Å². The molecule has 1 aromatic carbocycles. The lowest BCUT2D eigenvalue weighted by Gasteiger charge is -2.36. The average Bonchev–Trinajstić information content (AvgIpc) is 3.05. The molecule has 4 rings (SSSR count). The summed E-state index contributed by atoms with van der Waals surface area (Å²) in [6.45, 7) is 6.59. The van der Waals surface area contributed by atoms with Gasteiger partial charge in [-0.3, -0.25) is 9.59 Å². The van der Waals surface area contributed by atoms with Gasteiger partial charge in [0.1, 0.15) is 4.90 Å². The van der Waals surface area contributed by atoms with Crippen molar-refractivity contribution < 1.29 is 18.0 Å². The molecular formula is C23H32N4O4S. The van der Waals surface area contributed by atoms with Crippen LogP contribution in [-0.4, -0.2) is 68.1 Å². The highest BCUT2D eigenvalue weighted by molar-refractivity contribution is 7.90. The van der Waals surface area contributed by atoms with Crippen molar-refractivity contribution in [2.45, 2.75) is 56.9 Å². The Bertz CT molecular complexity index is 1010. The number of piperidine rings is 2. The van der Waals surface area contributed by atoms with Crippen molar-refractivity contribution in [3.8, 4) is 0 Å². The number of amidine groups is 1. The van der Waals surface area contributed by atoms with Crippen molar-refractivity contribution >= 4 is 27.7 Å². The molecule has 1 aromatic rings. The lowest BCUT2D eigenvalue weighted by molar-refractivity contribution is -0.133. The second kappa shape index (κ2) is 9.21. The highest BCUT2D eigenvalue weighted by atomic mass is 32.2. The van der Waals surface area contributed by atoms with E-state index in [0.717, 1.165) is 25.7 Å². The number of likely N-dealkylation sites (tertiary alicyclic amines) is 2. The van der Waals surface area contributed by atoms with Crippen LogP contribution < -0.4 is 5.32 Å². The molecule has 1 N–H and O–H groups in total. The molecule has 0 bridgehead atoms. The molecule has 2 saturated heterocycles. The lowest BCUT2D eigenvalue weighted by Crippen LogP contribution is -2.50. The molecule has 2 amide bonds. The minimum absolute atomic E-state index is 0.0106. The molecule has 0 aliphatic carbocycles. The van der Waals surface area contributed by atoms with Gasteiger partial charge in [0.2, 0.25) is 11.8 Å². The SMILES string of the molecule is CC(C)CC(=O)N1CCC(NC(=O)C2CCCN(C3=NS(=O)(=O)c4ccccc43)C2)CC1. The van der Waals surface area contributed by atoms with E-state index in [2.05, 4.69) is 9.71 Å². The number of carbonyl (C=O) groups is 2. The average molecular weight is 461 g/mol. The number of rotatable bonds is 4. The van der Waals surface area contributed by atoms with Gasteiger partial charge in [-0.1, -0.05) is 26.0 Å². The van der Waals surface area contributed by atoms with E-state index in [4.69, 9.17) is 0 Å². The summed E-state index contributed by atoms with van der Waals surface area (Å²) in [4.78, 5) is 29.3. The summed E-state index contributed by atoms with van der Waals surface area (Å²) < 4.78 is 28.8. The van der Waals surface area contributed by atoms with Gasteiger partial charge < -0.3 is 15.1 Å². The van der Waals surface area contributed by atoms with Gasteiger partial charge >= 0.3 is 0 Å². The summed E-state index contributed by atoms with van der Waals surface area (Å²) in [7, 11) is -3.67. The van der Waals surface area contributed by atoms with Crippen molar-refractivity contribution in [2.75, 3.05) is 26.2 Å². The topological polar surface area (TPSA) is 99.2 Å². The normalized spacial score (nSPS) is 23.1. The second-order valence-corrected chi connectivity index (χ2v) is 11.0. The van der Waals surface area contributed by atoms with Crippen LogP contribution in [0.4, 0.5) is 0 Å². The standard InChI is InChI=1S/C23H32N4O4S/c1-16(2)14-21(28)26-12-9-18(10-13-26)24-23(29)17-6-5-11-27(15-17)22-19-7-3-4-8-20(19)32(30,31)25-22/h3-4,7-8,16-18H,5-6,9-15H2,1-2H3,(H,24,29). The molecule has 1 atom stereocenters. The van der Waals surface area contributed by atoms with E-state index in [9.17, 15) is 18.0 Å². The molecule has 174 valence electrons. The Hall–Kier alpha value is -2.42. The number of nitrogens with one attached hydrogen (secondary N) is 1. The maximum atomic E-state index is 13.0. The number of carbonyl (C=O) groups excluding carboxylic acids is 2. The van der Waals surface area contributed by atoms with Crippen molar-refractivity contribution in [3.63, 3.8) is 0 Å². The number of benzene rings is 1. The number of amides is 2. The molecule has 3 aliphatic heterocycles. The van der Waals surface area contributed by atoms with Gasteiger partial charge in [0.15, 0.2) is 5.84 Å². The Kier molecular flexibility index (Phi) is 6.55. The van der Waals surface area contributed by atoms with Gasteiger partial charge in [0.05, 0.1) is 5.92 Å². The fourth-order valence-corrected chi connectivity index (χ4v) is 6.00. The summed E-state index contributed by atoms with van der Waals surface area (Å²) in [5, 5.41) is 3.17. The first kappa shape index (κ1) is 22.8. The van der Waals surface area contributed by atoms with Crippen LogP contribution in [0.5, 0.6) is 0 Å². The van der Waals surface area contributed by atoms with Crippen molar-refractivity contribution in [3.05, 3.63) is 29.8 Å². The first-order valence-electron chi connectivity index (χ1n) is 11.5. The molecule has 2 fully saturated rings. The van der Waals surface area contributed by atoms with E-state index in [1.54, 1.807) is 18.2 Å². The highest BCUT2D eigenvalue weighted by Gasteiger charge is 2.35. The second-order valence-electron chi connectivity index (χ2n) is 9.43. The summed E-state index contributed by atoms with van der Waals surface area (Å²) in [5.41, 5.74) is 0.618. The number of sulfonamides is 1. The number of hydrogen-bond acceptors (Lipinski definition) is 5. The maximum absolute atomic E-state index is 13.0. The highest BCUT2D eigenvalue weighted by Crippen LogP contribution is 2.30. The smallest absolute Gasteiger partial charge is 0.285 e. The monoisotopic (exact) mass is 460 g/mol. The minimum atomic E-state index is -3.67. The first-order chi connectivity index (χ1) is 15.2. The first-order valence-corrected chi connectivity index (χ1v) is 13.0. The third-order valence-corrected chi connectivity index (χ3v) is 7.81. The Morgan fingerprint density at radius 1 is 1.12 bits per heavy atom. The Labute approximate surface area is 190 Å². The van der Waals surface area contributed by atoms with E-state index < -0.39 is 10.0 Å². The van der Waals surface area contributed by atoms with E-state index >= 15 is 0 Å². The largest absolute Gasteiger partial charge is 0.355 e. The molecule has 0 saturated carbocycles. The zero-order valence-electron chi connectivity index (χ0n) is 18.8. The Morgan fingerprint density at radius 2 is 1.84 bits per heavy atom. The molecule has 32 heavy (non-hydrogen) atoms. The summed E-state index contributed by atoms with van der Waals surface area (Å²) in [5.74, 6) is 0.801. The van der Waals surface area contributed by atoms with Crippen LogP contribution in [0.2, 0.25) is 0 Å². The summed E-state index contributed by atoms with van der Waals surface area (Å²) in [6, 6.07) is 6.93. The third kappa shape index (κ3) is 4.82. The molecular weight excluding hydrogens is 428 g/mol. The predicted octanol–water partition coefficient (Wildman–Crippen LogP) is 2.00. The van der Waals surface area contributed by atoms with Gasteiger partial charge in [0.25, 0.3) is 10.0 Å². The maximum Gasteiger partial charge on any atom is 0.285 e. The molecule has 0 spiro atoms. The van der Waals surface area contributed by atoms with Crippen molar-refractivity contribution in [1.29, 1.82) is 0 Å². The van der Waals surface area contributed by atoms with Crippen LogP contribution >= 0.6 is 0 Å². The van der Waals surface area contributed by atoms with Crippen LogP contribution in [-0.2, 0) is 19.6 Å². The van der Waals surface area contributed by atoms with E-state index in [1.807, 2.05) is 29.7 Å². The minimum Gasteiger partial charge on any atom is -0.355 e. The van der Waals surface area contributed by atoms with Gasteiger partial charge in [-0.05, 0) is 43.7 Å². The molecule has 8 nitrogen and oxygen atoms in total. The van der Waals surface area contributed by atoms with Gasteiger partial charge in [-0.15, -0.1) is 4.40 Å². The van der Waals surface area contributed by atoms with E-state index in [-0.39, 0.29) is 28.7 Å². The van der Waals surface area contributed by atoms with Crippen LogP contribution in [0.1, 0.15) is 51.5 Å². The van der Waals surface area contributed by atoms with Crippen molar-refractivity contribution in [2.24, 2.45) is 16.2 Å². The Balaban J connectivity index is 1.34. The van der Waals surface area contributed by atoms with Gasteiger partial charge in [-0.25, -0.2) is 0 Å². The van der Waals surface area contributed by atoms with Crippen LogP contribution in [0, 0.1) is 11.8 Å². The predicted molar refractivity (Wildman–Crippen MR) is 122 cm³/mol. The number of hydrogen-bond donors (Lipinski definition) is 1. The molecule has 1 unspecified atom stereocenters. The third-order valence-electron chi connectivity index (χ3n) is 6.48. The molecule has 3 aliphatic rings. The number of nitrogens with zero attached hydrogens (tertiary/aromatic N) is 3. The quantitative estimate of drug-likeness (QED) is 0.741. The van der Waals surface area contributed by atoms with Crippen LogP contribution in [0.3, 0.4) is 0 Å². The lowest BCUT2D eigenvalue weighted by atomic mass is 9.95. The van der Waals surface area contributed by atoms with Crippen LogP contribution in [0.25, 0.3) is 0 Å². The zero-order chi connectivity index (χ0) is 22.9. The summed E-state index contributed by atoms with van der Waals surface area (Å²) in [6.07, 6.45) is 3.68. The summed E-state index contributed by atoms with van der Waals surface area (Å²) >= 11 is 0. The number of fused-ring (bicyclic) bond motifs is 1. The fourth-order valence-electron chi connectivity index (χ4n) is 4.77. The molecule has 0 radical (unpaired) electrons. The van der Waals surface area contributed by atoms with E-state index in [1.165, 1.54) is 0 Å². The molecule has 3 heterocycles.